The molecule has 3 heteroatoms. The molecule has 0 aliphatic heterocycles. The van der Waals surface area contributed by atoms with Crippen LogP contribution in [-0.4, -0.2) is 0 Å². The highest BCUT2D eigenvalue weighted by Gasteiger charge is 2.07. The Morgan fingerprint density at radius 2 is 1.83 bits per heavy atom. The molecule has 0 unspecified atom stereocenters. The molecule has 0 heterocycles. The summed E-state index contributed by atoms with van der Waals surface area (Å²) in [5.41, 5.74) is 3.21. The minimum atomic E-state index is 0.711. The quantitative estimate of drug-likeness (QED) is 0.770. The average molecular weight is 318 g/mol. The van der Waals surface area contributed by atoms with Crippen molar-refractivity contribution < 1.29 is 0 Å². The second-order valence-electron chi connectivity index (χ2n) is 4.12. The van der Waals surface area contributed by atoms with Gasteiger partial charge in [-0.1, -0.05) is 45.4 Å². The van der Waals surface area contributed by atoms with Gasteiger partial charge in [-0.25, -0.2) is 0 Å². The number of hydrogen-bond acceptors (Lipinski definition) is 2. The van der Waals surface area contributed by atoms with Crippen molar-refractivity contribution in [3.8, 4) is 6.07 Å². The van der Waals surface area contributed by atoms with E-state index in [0.29, 0.717) is 5.56 Å². The van der Waals surface area contributed by atoms with Gasteiger partial charge in [-0.15, -0.1) is 0 Å². The fourth-order valence-corrected chi connectivity index (χ4v) is 3.22. The van der Waals surface area contributed by atoms with E-state index in [0.717, 1.165) is 9.37 Å². The van der Waals surface area contributed by atoms with E-state index in [1.54, 1.807) is 11.8 Å². The number of benzene rings is 2. The van der Waals surface area contributed by atoms with Crippen LogP contribution >= 0.6 is 27.7 Å². The van der Waals surface area contributed by atoms with Crippen molar-refractivity contribution in [3.63, 3.8) is 0 Å². The molecule has 2 rings (SSSR count). The van der Waals surface area contributed by atoms with E-state index in [4.69, 9.17) is 5.26 Å². The van der Waals surface area contributed by atoms with Gasteiger partial charge in [0.05, 0.1) is 5.56 Å². The molecule has 0 saturated carbocycles. The second-order valence-corrected chi connectivity index (χ2v) is 6.12. The molecule has 0 amide bonds. The van der Waals surface area contributed by atoms with Crippen molar-refractivity contribution >= 4 is 27.7 Å². The maximum Gasteiger partial charge on any atom is 0.100 e. The van der Waals surface area contributed by atoms with Crippen molar-refractivity contribution in [2.45, 2.75) is 23.6 Å². The second kappa shape index (κ2) is 5.60. The summed E-state index contributed by atoms with van der Waals surface area (Å²) in [6.45, 7) is 4.18. The summed E-state index contributed by atoms with van der Waals surface area (Å²) in [6.07, 6.45) is 0. The van der Waals surface area contributed by atoms with Gasteiger partial charge in [-0.2, -0.15) is 5.26 Å². The van der Waals surface area contributed by atoms with Crippen LogP contribution < -0.4 is 0 Å². The van der Waals surface area contributed by atoms with E-state index < -0.39 is 0 Å². The van der Waals surface area contributed by atoms with Crippen LogP contribution in [0.5, 0.6) is 0 Å². The molecule has 0 N–H and O–H groups in total. The predicted molar refractivity (Wildman–Crippen MR) is 78.9 cm³/mol. The largest absolute Gasteiger partial charge is 0.192 e. The monoisotopic (exact) mass is 317 g/mol. The molecule has 0 aliphatic rings. The van der Waals surface area contributed by atoms with Crippen molar-refractivity contribution in [2.75, 3.05) is 0 Å². The third-order valence-corrected chi connectivity index (χ3v) is 4.34. The predicted octanol–water partition coefficient (Wildman–Crippen LogP) is 5.09. The van der Waals surface area contributed by atoms with E-state index in [1.807, 2.05) is 18.2 Å². The summed E-state index contributed by atoms with van der Waals surface area (Å²) in [5.74, 6) is 0. The van der Waals surface area contributed by atoms with Gasteiger partial charge in [0.1, 0.15) is 6.07 Å². The van der Waals surface area contributed by atoms with Crippen LogP contribution in [0.1, 0.15) is 16.7 Å². The van der Waals surface area contributed by atoms with Crippen LogP contribution in [0.4, 0.5) is 0 Å². The molecular weight excluding hydrogens is 306 g/mol. The summed E-state index contributed by atoms with van der Waals surface area (Å²) in [7, 11) is 0. The van der Waals surface area contributed by atoms with Crippen LogP contribution in [-0.2, 0) is 0 Å². The summed E-state index contributed by atoms with van der Waals surface area (Å²) in [4.78, 5) is 2.18. The lowest BCUT2D eigenvalue weighted by molar-refractivity contribution is 1.25. The Kier molecular flexibility index (Phi) is 4.11. The molecule has 1 nitrogen and oxygen atoms in total. The Morgan fingerprint density at radius 3 is 2.50 bits per heavy atom. The van der Waals surface area contributed by atoms with Crippen molar-refractivity contribution in [3.05, 3.63) is 57.6 Å². The molecule has 2 aromatic carbocycles. The van der Waals surface area contributed by atoms with Gasteiger partial charge in [0.2, 0.25) is 0 Å². The summed E-state index contributed by atoms with van der Waals surface area (Å²) in [5, 5.41) is 9.12. The minimum Gasteiger partial charge on any atom is -0.192 e. The van der Waals surface area contributed by atoms with Gasteiger partial charge in [-0.05, 0) is 43.7 Å². The molecule has 2 aromatic rings. The molecule has 0 fully saturated rings. The molecule has 0 bridgehead atoms. The first-order valence-electron chi connectivity index (χ1n) is 5.55. The van der Waals surface area contributed by atoms with E-state index in [9.17, 15) is 0 Å². The molecule has 0 atom stereocenters. The zero-order valence-electron chi connectivity index (χ0n) is 10.2. The molecule has 18 heavy (non-hydrogen) atoms. The molecule has 0 aliphatic carbocycles. The Morgan fingerprint density at radius 1 is 1.06 bits per heavy atom. The first-order chi connectivity index (χ1) is 8.60. The molecular formula is C15H12BrNS. The number of halogens is 1. The summed E-state index contributed by atoms with van der Waals surface area (Å²) < 4.78 is 0.994. The minimum absolute atomic E-state index is 0.711. The van der Waals surface area contributed by atoms with Gasteiger partial charge in [0.25, 0.3) is 0 Å². The average Bonchev–Trinajstić information content (AvgIpc) is 2.33. The first-order valence-corrected chi connectivity index (χ1v) is 7.16. The number of rotatable bonds is 2. The van der Waals surface area contributed by atoms with E-state index in [2.05, 4.69) is 54.0 Å². The Bertz CT molecular complexity index is 629. The zero-order chi connectivity index (χ0) is 13.1. The third-order valence-electron chi connectivity index (χ3n) is 2.61. The lowest BCUT2D eigenvalue weighted by atomic mass is 10.2. The van der Waals surface area contributed by atoms with E-state index in [-0.39, 0.29) is 0 Å². The lowest BCUT2D eigenvalue weighted by Gasteiger charge is -2.08. The smallest absolute Gasteiger partial charge is 0.100 e. The van der Waals surface area contributed by atoms with Crippen molar-refractivity contribution in [1.82, 2.24) is 0 Å². The fraction of sp³-hybridized carbons (Fsp3) is 0.133. The van der Waals surface area contributed by atoms with Gasteiger partial charge in [-0.3, -0.25) is 0 Å². The highest BCUT2D eigenvalue weighted by molar-refractivity contribution is 9.10. The SMILES string of the molecule is Cc1ccc(Sc2cc(Br)ccc2C#N)c(C)c1. The standard InChI is InChI=1S/C15H12BrNS/c1-10-3-6-14(11(2)7-10)18-15-8-13(16)5-4-12(15)9-17/h3-8H,1-2H3. The number of nitrogens with zero attached hydrogens (tertiary/aromatic N) is 1. The van der Waals surface area contributed by atoms with Gasteiger partial charge in [0, 0.05) is 14.3 Å². The maximum absolute atomic E-state index is 9.12. The fourth-order valence-electron chi connectivity index (χ4n) is 1.71. The van der Waals surface area contributed by atoms with Crippen LogP contribution in [0, 0.1) is 25.2 Å². The normalized spacial score (nSPS) is 10.1. The molecule has 0 aromatic heterocycles. The van der Waals surface area contributed by atoms with E-state index >= 15 is 0 Å². The van der Waals surface area contributed by atoms with Gasteiger partial charge in [0.15, 0.2) is 0 Å². The summed E-state index contributed by atoms with van der Waals surface area (Å²) >= 11 is 5.08. The zero-order valence-corrected chi connectivity index (χ0v) is 12.6. The van der Waals surface area contributed by atoms with Crippen LogP contribution in [0.2, 0.25) is 0 Å². The highest BCUT2D eigenvalue weighted by Crippen LogP contribution is 2.34. The van der Waals surface area contributed by atoms with Crippen LogP contribution in [0.3, 0.4) is 0 Å². The number of nitriles is 1. The van der Waals surface area contributed by atoms with Crippen LogP contribution in [0.25, 0.3) is 0 Å². The third kappa shape index (κ3) is 2.95. The Labute approximate surface area is 120 Å². The van der Waals surface area contributed by atoms with Gasteiger partial charge >= 0.3 is 0 Å². The Balaban J connectivity index is 2.40. The van der Waals surface area contributed by atoms with Gasteiger partial charge < -0.3 is 0 Å². The number of hydrogen-bond donors (Lipinski definition) is 0. The molecule has 0 radical (unpaired) electrons. The molecule has 90 valence electrons. The van der Waals surface area contributed by atoms with Crippen molar-refractivity contribution in [2.24, 2.45) is 0 Å². The van der Waals surface area contributed by atoms with Crippen molar-refractivity contribution in [1.29, 1.82) is 5.26 Å². The maximum atomic E-state index is 9.12. The Hall–Kier alpha value is -1.24. The summed E-state index contributed by atoms with van der Waals surface area (Å²) in [6, 6.07) is 14.3. The van der Waals surface area contributed by atoms with Crippen LogP contribution in [0.15, 0.2) is 50.7 Å². The lowest BCUT2D eigenvalue weighted by Crippen LogP contribution is -1.85. The molecule has 0 saturated heterocycles. The topological polar surface area (TPSA) is 23.8 Å². The number of aryl methyl sites for hydroxylation is 2. The molecule has 0 spiro atoms. The van der Waals surface area contributed by atoms with E-state index in [1.165, 1.54) is 16.0 Å². The first kappa shape index (κ1) is 13.2. The highest BCUT2D eigenvalue weighted by atomic mass is 79.9.